The van der Waals surface area contributed by atoms with Crippen LogP contribution in [0, 0.1) is 0 Å². The van der Waals surface area contributed by atoms with Crippen molar-refractivity contribution in [2.24, 2.45) is 0 Å². The SMILES string of the molecule is CC(=O)NC1c2ccccc2C[C@H]1O. The predicted octanol–water partition coefficient (Wildman–Crippen LogP) is 0.781. The monoisotopic (exact) mass is 191 g/mol. The molecule has 1 aliphatic rings. The van der Waals surface area contributed by atoms with Crippen molar-refractivity contribution in [2.75, 3.05) is 0 Å². The molecular weight excluding hydrogens is 178 g/mol. The number of benzene rings is 1. The molecule has 1 aliphatic carbocycles. The summed E-state index contributed by atoms with van der Waals surface area (Å²) in [4.78, 5) is 10.9. The van der Waals surface area contributed by atoms with E-state index in [1.807, 2.05) is 24.3 Å². The van der Waals surface area contributed by atoms with Gasteiger partial charge in [0.25, 0.3) is 0 Å². The minimum absolute atomic E-state index is 0.106. The van der Waals surface area contributed by atoms with Gasteiger partial charge in [0.1, 0.15) is 0 Å². The number of amides is 1. The van der Waals surface area contributed by atoms with Gasteiger partial charge in [0.15, 0.2) is 0 Å². The van der Waals surface area contributed by atoms with Gasteiger partial charge in [-0.2, -0.15) is 0 Å². The van der Waals surface area contributed by atoms with Crippen molar-refractivity contribution < 1.29 is 9.90 Å². The fraction of sp³-hybridized carbons (Fsp3) is 0.364. The summed E-state index contributed by atoms with van der Waals surface area (Å²) < 4.78 is 0. The number of hydrogen-bond acceptors (Lipinski definition) is 2. The van der Waals surface area contributed by atoms with Gasteiger partial charge in [0.05, 0.1) is 12.1 Å². The van der Waals surface area contributed by atoms with Crippen LogP contribution in [0.1, 0.15) is 24.1 Å². The molecule has 3 nitrogen and oxygen atoms in total. The zero-order valence-electron chi connectivity index (χ0n) is 8.03. The molecule has 2 atom stereocenters. The third-order valence-corrected chi connectivity index (χ3v) is 2.56. The van der Waals surface area contributed by atoms with Crippen molar-refractivity contribution in [3.05, 3.63) is 35.4 Å². The van der Waals surface area contributed by atoms with Gasteiger partial charge in [0, 0.05) is 13.3 Å². The lowest BCUT2D eigenvalue weighted by Crippen LogP contribution is -2.32. The third kappa shape index (κ3) is 1.51. The minimum Gasteiger partial charge on any atom is -0.390 e. The van der Waals surface area contributed by atoms with Crippen LogP contribution in [-0.4, -0.2) is 17.1 Å². The largest absolute Gasteiger partial charge is 0.390 e. The number of rotatable bonds is 1. The van der Waals surface area contributed by atoms with E-state index in [1.54, 1.807) is 0 Å². The van der Waals surface area contributed by atoms with Gasteiger partial charge in [-0.3, -0.25) is 4.79 Å². The van der Waals surface area contributed by atoms with E-state index in [2.05, 4.69) is 5.32 Å². The maximum atomic E-state index is 10.9. The quantitative estimate of drug-likeness (QED) is 0.689. The van der Waals surface area contributed by atoms with E-state index in [4.69, 9.17) is 0 Å². The molecule has 0 spiro atoms. The highest BCUT2D eigenvalue weighted by molar-refractivity contribution is 5.73. The highest BCUT2D eigenvalue weighted by Gasteiger charge is 2.30. The van der Waals surface area contributed by atoms with Gasteiger partial charge in [-0.15, -0.1) is 0 Å². The predicted molar refractivity (Wildman–Crippen MR) is 52.7 cm³/mol. The second-order valence-electron chi connectivity index (χ2n) is 3.65. The molecule has 0 saturated carbocycles. The lowest BCUT2D eigenvalue weighted by atomic mass is 10.1. The van der Waals surface area contributed by atoms with Crippen LogP contribution < -0.4 is 5.32 Å². The Balaban J connectivity index is 2.30. The van der Waals surface area contributed by atoms with Crippen LogP contribution in [0.15, 0.2) is 24.3 Å². The standard InChI is InChI=1S/C11H13NO2/c1-7(13)12-11-9-5-3-2-4-8(9)6-10(11)14/h2-5,10-11,14H,6H2,1H3,(H,12,13)/t10-,11?/m1/s1. The summed E-state index contributed by atoms with van der Waals surface area (Å²) >= 11 is 0. The van der Waals surface area contributed by atoms with E-state index in [0.717, 1.165) is 11.1 Å². The van der Waals surface area contributed by atoms with Crippen LogP contribution in [0.2, 0.25) is 0 Å². The van der Waals surface area contributed by atoms with Crippen LogP contribution in [0.4, 0.5) is 0 Å². The van der Waals surface area contributed by atoms with E-state index in [-0.39, 0.29) is 11.9 Å². The molecule has 1 unspecified atom stereocenters. The lowest BCUT2D eigenvalue weighted by molar-refractivity contribution is -0.120. The average Bonchev–Trinajstić information content (AvgIpc) is 2.43. The molecule has 0 aliphatic heterocycles. The summed E-state index contributed by atoms with van der Waals surface area (Å²) in [5, 5.41) is 12.5. The maximum absolute atomic E-state index is 10.9. The Morgan fingerprint density at radius 1 is 1.50 bits per heavy atom. The molecule has 1 amide bonds. The average molecular weight is 191 g/mol. The number of fused-ring (bicyclic) bond motifs is 1. The fourth-order valence-corrected chi connectivity index (χ4v) is 1.97. The summed E-state index contributed by atoms with van der Waals surface area (Å²) in [6.45, 7) is 1.47. The highest BCUT2D eigenvalue weighted by Crippen LogP contribution is 2.30. The van der Waals surface area contributed by atoms with Crippen molar-refractivity contribution in [1.29, 1.82) is 0 Å². The van der Waals surface area contributed by atoms with Gasteiger partial charge in [0.2, 0.25) is 5.91 Å². The summed E-state index contributed by atoms with van der Waals surface area (Å²) in [5.41, 5.74) is 2.16. The molecule has 0 saturated heterocycles. The second kappa shape index (κ2) is 3.42. The zero-order valence-corrected chi connectivity index (χ0v) is 8.03. The number of aliphatic hydroxyl groups excluding tert-OH is 1. The van der Waals surface area contributed by atoms with Gasteiger partial charge in [-0.1, -0.05) is 24.3 Å². The van der Waals surface area contributed by atoms with Crippen molar-refractivity contribution in [1.82, 2.24) is 5.32 Å². The van der Waals surface area contributed by atoms with E-state index in [9.17, 15) is 9.90 Å². The molecule has 1 aromatic carbocycles. The molecule has 0 aromatic heterocycles. The Morgan fingerprint density at radius 2 is 2.21 bits per heavy atom. The zero-order chi connectivity index (χ0) is 10.1. The topological polar surface area (TPSA) is 49.3 Å². The van der Waals surface area contributed by atoms with Crippen LogP contribution in [-0.2, 0) is 11.2 Å². The molecule has 2 rings (SSSR count). The van der Waals surface area contributed by atoms with E-state index in [0.29, 0.717) is 6.42 Å². The summed E-state index contributed by atoms with van der Waals surface area (Å²) in [7, 11) is 0. The summed E-state index contributed by atoms with van der Waals surface area (Å²) in [6, 6.07) is 7.57. The first kappa shape index (κ1) is 9.21. The van der Waals surface area contributed by atoms with Crippen LogP contribution in [0.3, 0.4) is 0 Å². The first-order valence-corrected chi connectivity index (χ1v) is 4.71. The molecule has 74 valence electrons. The summed E-state index contributed by atoms with van der Waals surface area (Å²) in [6.07, 6.45) is 0.137. The Morgan fingerprint density at radius 3 is 2.93 bits per heavy atom. The second-order valence-corrected chi connectivity index (χ2v) is 3.65. The normalized spacial score (nSPS) is 24.4. The lowest BCUT2D eigenvalue weighted by Gasteiger charge is -2.16. The van der Waals surface area contributed by atoms with Crippen LogP contribution in [0.25, 0.3) is 0 Å². The number of nitrogens with one attached hydrogen (secondary N) is 1. The molecular formula is C11H13NO2. The van der Waals surface area contributed by atoms with Crippen molar-refractivity contribution in [3.8, 4) is 0 Å². The number of carbonyl (C=O) groups is 1. The van der Waals surface area contributed by atoms with Crippen molar-refractivity contribution in [3.63, 3.8) is 0 Å². The van der Waals surface area contributed by atoms with E-state index in [1.165, 1.54) is 6.92 Å². The molecule has 1 aromatic rings. The molecule has 0 radical (unpaired) electrons. The first-order chi connectivity index (χ1) is 6.68. The fourth-order valence-electron chi connectivity index (χ4n) is 1.97. The van der Waals surface area contributed by atoms with Crippen LogP contribution >= 0.6 is 0 Å². The Labute approximate surface area is 82.8 Å². The van der Waals surface area contributed by atoms with E-state index >= 15 is 0 Å². The van der Waals surface area contributed by atoms with Gasteiger partial charge >= 0.3 is 0 Å². The molecule has 3 heteroatoms. The first-order valence-electron chi connectivity index (χ1n) is 4.71. The van der Waals surface area contributed by atoms with Gasteiger partial charge in [-0.05, 0) is 11.1 Å². The number of hydrogen-bond donors (Lipinski definition) is 2. The summed E-state index contributed by atoms with van der Waals surface area (Å²) in [5.74, 6) is -0.106. The van der Waals surface area contributed by atoms with Crippen LogP contribution in [0.5, 0.6) is 0 Å². The minimum atomic E-state index is -0.490. The van der Waals surface area contributed by atoms with Gasteiger partial charge in [-0.25, -0.2) is 0 Å². The molecule has 0 bridgehead atoms. The molecule has 2 N–H and O–H groups in total. The smallest absolute Gasteiger partial charge is 0.217 e. The molecule has 0 fully saturated rings. The van der Waals surface area contributed by atoms with Crippen molar-refractivity contribution in [2.45, 2.75) is 25.5 Å². The number of carbonyl (C=O) groups excluding carboxylic acids is 1. The maximum Gasteiger partial charge on any atom is 0.217 e. The van der Waals surface area contributed by atoms with Crippen molar-refractivity contribution >= 4 is 5.91 Å². The Hall–Kier alpha value is -1.35. The molecule has 14 heavy (non-hydrogen) atoms. The number of aliphatic hydroxyl groups is 1. The molecule has 0 heterocycles. The Bertz CT molecular complexity index is 362. The highest BCUT2D eigenvalue weighted by atomic mass is 16.3. The third-order valence-electron chi connectivity index (χ3n) is 2.56. The van der Waals surface area contributed by atoms with Gasteiger partial charge < -0.3 is 10.4 Å². The Kier molecular flexibility index (Phi) is 2.25. The van der Waals surface area contributed by atoms with E-state index < -0.39 is 6.10 Å².